The van der Waals surface area contributed by atoms with Gasteiger partial charge in [0.2, 0.25) is 0 Å². The number of nitrogens with two attached hydrogens (primary N) is 1. The van der Waals surface area contributed by atoms with Gasteiger partial charge < -0.3 is 5.73 Å². The van der Waals surface area contributed by atoms with Crippen molar-refractivity contribution in [2.75, 3.05) is 0 Å². The number of aromatic nitrogens is 4. The van der Waals surface area contributed by atoms with Crippen molar-refractivity contribution >= 4 is 11.6 Å². The molecule has 2 aromatic rings. The average Bonchev–Trinajstić information content (AvgIpc) is 3.35. The molecule has 0 spiro atoms. The summed E-state index contributed by atoms with van der Waals surface area (Å²) in [6.07, 6.45) is 12.8. The fourth-order valence-electron chi connectivity index (χ4n) is 3.84. The fraction of sp³-hybridized carbons (Fsp3) is 0.632. The molecule has 134 valence electrons. The van der Waals surface area contributed by atoms with Crippen molar-refractivity contribution < 1.29 is 0 Å². The summed E-state index contributed by atoms with van der Waals surface area (Å²) in [5.41, 5.74) is 9.15. The summed E-state index contributed by atoms with van der Waals surface area (Å²) in [5.74, 6) is 2.32. The van der Waals surface area contributed by atoms with Gasteiger partial charge in [0.05, 0.1) is 16.9 Å². The minimum atomic E-state index is 0.373. The second-order valence-corrected chi connectivity index (χ2v) is 8.15. The highest BCUT2D eigenvalue weighted by molar-refractivity contribution is 6.32. The van der Waals surface area contributed by atoms with Crippen LogP contribution in [0, 0.1) is 11.8 Å². The standard InChI is InChI=1S/C19H26ClN5/c1-25-17(8-12-2-3-12)15(10-23-25)19-16(20)11-22-18(24-19)9-13-4-6-14(21)7-5-13/h10-14H,2-9,21H2,1H3. The van der Waals surface area contributed by atoms with Crippen LogP contribution in [0.3, 0.4) is 0 Å². The van der Waals surface area contributed by atoms with Crippen molar-refractivity contribution in [3.05, 3.63) is 28.9 Å². The molecular weight excluding hydrogens is 334 g/mol. The molecule has 2 heterocycles. The van der Waals surface area contributed by atoms with Crippen LogP contribution in [0.4, 0.5) is 0 Å². The lowest BCUT2D eigenvalue weighted by Gasteiger charge is -2.25. The van der Waals surface area contributed by atoms with Gasteiger partial charge in [0, 0.05) is 37.0 Å². The van der Waals surface area contributed by atoms with Crippen LogP contribution in [0.25, 0.3) is 11.3 Å². The van der Waals surface area contributed by atoms with E-state index in [0.717, 1.165) is 48.7 Å². The van der Waals surface area contributed by atoms with Crippen molar-refractivity contribution in [1.29, 1.82) is 0 Å². The van der Waals surface area contributed by atoms with Crippen LogP contribution < -0.4 is 5.73 Å². The van der Waals surface area contributed by atoms with E-state index in [1.54, 1.807) is 6.20 Å². The molecule has 0 saturated heterocycles. The van der Waals surface area contributed by atoms with Crippen LogP contribution in [-0.4, -0.2) is 25.8 Å². The molecule has 25 heavy (non-hydrogen) atoms. The first-order chi connectivity index (χ1) is 12.1. The Morgan fingerprint density at radius 3 is 2.48 bits per heavy atom. The van der Waals surface area contributed by atoms with Gasteiger partial charge in [-0.2, -0.15) is 5.10 Å². The van der Waals surface area contributed by atoms with Gasteiger partial charge in [-0.05, 0) is 56.8 Å². The third-order valence-corrected chi connectivity index (χ3v) is 5.93. The predicted octanol–water partition coefficient (Wildman–Crippen LogP) is 3.54. The molecule has 2 saturated carbocycles. The Bertz CT molecular complexity index is 744. The number of aryl methyl sites for hydroxylation is 1. The van der Waals surface area contributed by atoms with Gasteiger partial charge >= 0.3 is 0 Å². The smallest absolute Gasteiger partial charge is 0.129 e. The molecular formula is C19H26ClN5. The molecule has 5 nitrogen and oxygen atoms in total. The highest BCUT2D eigenvalue weighted by Gasteiger charge is 2.26. The number of hydrogen-bond acceptors (Lipinski definition) is 4. The van der Waals surface area contributed by atoms with Gasteiger partial charge in [-0.3, -0.25) is 4.68 Å². The molecule has 0 aliphatic heterocycles. The molecule has 0 bridgehead atoms. The van der Waals surface area contributed by atoms with Crippen LogP contribution >= 0.6 is 11.6 Å². The SMILES string of the molecule is Cn1ncc(-c2nc(CC3CCC(N)CC3)ncc2Cl)c1CC1CC1. The zero-order chi connectivity index (χ0) is 17.4. The molecule has 2 aromatic heterocycles. The summed E-state index contributed by atoms with van der Waals surface area (Å²) in [7, 11) is 2.00. The molecule has 2 aliphatic carbocycles. The van der Waals surface area contributed by atoms with E-state index in [9.17, 15) is 0 Å². The van der Waals surface area contributed by atoms with Gasteiger partial charge in [-0.25, -0.2) is 9.97 Å². The van der Waals surface area contributed by atoms with Gasteiger partial charge in [-0.1, -0.05) is 11.6 Å². The highest BCUT2D eigenvalue weighted by Crippen LogP contribution is 2.37. The summed E-state index contributed by atoms with van der Waals surface area (Å²) < 4.78 is 1.97. The third kappa shape index (κ3) is 3.87. The van der Waals surface area contributed by atoms with E-state index in [1.165, 1.54) is 31.4 Å². The zero-order valence-corrected chi connectivity index (χ0v) is 15.5. The Labute approximate surface area is 154 Å². The highest BCUT2D eigenvalue weighted by atomic mass is 35.5. The fourth-order valence-corrected chi connectivity index (χ4v) is 4.03. The van der Waals surface area contributed by atoms with Crippen molar-refractivity contribution in [2.45, 2.75) is 57.4 Å². The van der Waals surface area contributed by atoms with Crippen molar-refractivity contribution in [1.82, 2.24) is 19.7 Å². The molecule has 0 aromatic carbocycles. The van der Waals surface area contributed by atoms with E-state index in [2.05, 4.69) is 10.1 Å². The van der Waals surface area contributed by atoms with E-state index < -0.39 is 0 Å². The molecule has 6 heteroatoms. The zero-order valence-electron chi connectivity index (χ0n) is 14.8. The molecule has 0 amide bonds. The van der Waals surface area contributed by atoms with Crippen LogP contribution in [-0.2, 0) is 19.9 Å². The predicted molar refractivity (Wildman–Crippen MR) is 99.3 cm³/mol. The largest absolute Gasteiger partial charge is 0.328 e. The minimum Gasteiger partial charge on any atom is -0.328 e. The molecule has 2 fully saturated rings. The summed E-state index contributed by atoms with van der Waals surface area (Å²) in [6, 6.07) is 0.373. The second-order valence-electron chi connectivity index (χ2n) is 7.74. The number of halogens is 1. The summed E-state index contributed by atoms with van der Waals surface area (Å²) in [4.78, 5) is 9.32. The Balaban J connectivity index is 1.57. The Kier molecular flexibility index (Phi) is 4.78. The summed E-state index contributed by atoms with van der Waals surface area (Å²) >= 11 is 6.45. The van der Waals surface area contributed by atoms with E-state index in [-0.39, 0.29) is 0 Å². The molecule has 0 radical (unpaired) electrons. The van der Waals surface area contributed by atoms with Crippen LogP contribution in [0.15, 0.2) is 12.4 Å². The van der Waals surface area contributed by atoms with Crippen LogP contribution in [0.1, 0.15) is 50.0 Å². The van der Waals surface area contributed by atoms with Crippen LogP contribution in [0.2, 0.25) is 5.02 Å². The Morgan fingerprint density at radius 2 is 1.76 bits per heavy atom. The molecule has 4 rings (SSSR count). The van der Waals surface area contributed by atoms with Gasteiger partial charge in [0.15, 0.2) is 0 Å². The second kappa shape index (κ2) is 7.04. The first-order valence-electron chi connectivity index (χ1n) is 9.38. The molecule has 2 N–H and O–H groups in total. The van der Waals surface area contributed by atoms with E-state index in [0.29, 0.717) is 17.0 Å². The average molecular weight is 360 g/mol. The monoisotopic (exact) mass is 359 g/mol. The maximum absolute atomic E-state index is 6.45. The normalized spacial score (nSPS) is 23.8. The van der Waals surface area contributed by atoms with Gasteiger partial charge in [-0.15, -0.1) is 0 Å². The lowest BCUT2D eigenvalue weighted by Crippen LogP contribution is -2.27. The van der Waals surface area contributed by atoms with Crippen LogP contribution in [0.5, 0.6) is 0 Å². The summed E-state index contributed by atoms with van der Waals surface area (Å²) in [6.45, 7) is 0. The van der Waals surface area contributed by atoms with Gasteiger partial charge in [0.25, 0.3) is 0 Å². The first-order valence-corrected chi connectivity index (χ1v) is 9.76. The minimum absolute atomic E-state index is 0.373. The van der Waals surface area contributed by atoms with E-state index in [4.69, 9.17) is 22.3 Å². The lowest BCUT2D eigenvalue weighted by atomic mass is 9.84. The molecule has 0 atom stereocenters. The van der Waals surface area contributed by atoms with Crippen molar-refractivity contribution in [2.24, 2.45) is 24.6 Å². The van der Waals surface area contributed by atoms with E-state index >= 15 is 0 Å². The van der Waals surface area contributed by atoms with Crippen molar-refractivity contribution in [3.63, 3.8) is 0 Å². The van der Waals surface area contributed by atoms with Crippen molar-refractivity contribution in [3.8, 4) is 11.3 Å². The maximum Gasteiger partial charge on any atom is 0.129 e. The molecule has 0 unspecified atom stereocenters. The van der Waals surface area contributed by atoms with Gasteiger partial charge in [0.1, 0.15) is 5.82 Å². The quantitative estimate of drug-likeness (QED) is 0.886. The summed E-state index contributed by atoms with van der Waals surface area (Å²) in [5, 5.41) is 5.06. The third-order valence-electron chi connectivity index (χ3n) is 5.65. The van der Waals surface area contributed by atoms with E-state index in [1.807, 2.05) is 17.9 Å². The molecule has 2 aliphatic rings. The maximum atomic E-state index is 6.45. The first kappa shape index (κ1) is 17.0. The Hall–Kier alpha value is -1.46. The number of rotatable bonds is 5. The number of hydrogen-bond donors (Lipinski definition) is 1. The topological polar surface area (TPSA) is 69.6 Å². The number of nitrogens with zero attached hydrogens (tertiary/aromatic N) is 4. The Morgan fingerprint density at radius 1 is 1.08 bits per heavy atom. The lowest BCUT2D eigenvalue weighted by molar-refractivity contribution is 0.321.